The van der Waals surface area contributed by atoms with Crippen LogP contribution in [-0.2, 0) is 6.42 Å². The molecule has 3 rings (SSSR count). The van der Waals surface area contributed by atoms with Crippen LogP contribution in [0.4, 0.5) is 5.82 Å². The Hall–Kier alpha value is -2.56. The molecule has 1 aliphatic rings. The van der Waals surface area contributed by atoms with Crippen molar-refractivity contribution in [2.24, 2.45) is 0 Å². The lowest BCUT2D eigenvalue weighted by atomic mass is 10.1. The first-order valence-corrected chi connectivity index (χ1v) is 8.89. The maximum Gasteiger partial charge on any atom is 0.251 e. The second-order valence-electron chi connectivity index (χ2n) is 6.37. The lowest BCUT2D eigenvalue weighted by Gasteiger charge is -2.13. The van der Waals surface area contributed by atoms with Crippen LogP contribution in [0.2, 0.25) is 0 Å². The number of carbonyl (C=O) groups is 1. The van der Waals surface area contributed by atoms with E-state index in [9.17, 15) is 4.79 Å². The fourth-order valence-electron chi connectivity index (χ4n) is 3.25. The van der Waals surface area contributed by atoms with E-state index in [1.807, 2.05) is 30.3 Å². The Bertz CT molecular complexity index is 712. The van der Waals surface area contributed by atoms with Gasteiger partial charge in [-0.05, 0) is 43.0 Å². The molecule has 0 saturated heterocycles. The van der Waals surface area contributed by atoms with Crippen LogP contribution in [0.25, 0.3) is 0 Å². The minimum atomic E-state index is -0.0771. The highest BCUT2D eigenvalue weighted by Gasteiger charge is 2.15. The first-order chi connectivity index (χ1) is 12.3. The number of nitrogens with one attached hydrogen (secondary N) is 2. The molecule has 5 nitrogen and oxygen atoms in total. The van der Waals surface area contributed by atoms with Crippen molar-refractivity contribution in [2.75, 3.05) is 19.0 Å². The standard InChI is InChI=1S/C20H25N3O2/c1-25-18-9-5-2-6-15(18)10-13-22-20(24)16-11-12-21-19(14-16)23-17-7-3-4-8-17/h2,5-6,9,11-12,14,17H,3-4,7-8,10,13H2,1H3,(H,21,23)(H,22,24). The lowest BCUT2D eigenvalue weighted by molar-refractivity contribution is 0.0954. The van der Waals surface area contributed by atoms with Gasteiger partial charge in [0.2, 0.25) is 0 Å². The number of aromatic nitrogens is 1. The lowest BCUT2D eigenvalue weighted by Crippen LogP contribution is -2.26. The molecule has 25 heavy (non-hydrogen) atoms. The molecule has 0 atom stereocenters. The van der Waals surface area contributed by atoms with Gasteiger partial charge < -0.3 is 15.4 Å². The molecule has 1 heterocycles. The quantitative estimate of drug-likeness (QED) is 0.811. The number of nitrogens with zero attached hydrogens (tertiary/aromatic N) is 1. The van der Waals surface area contributed by atoms with Gasteiger partial charge in [-0.2, -0.15) is 0 Å². The van der Waals surface area contributed by atoms with Crippen molar-refractivity contribution < 1.29 is 9.53 Å². The molecule has 1 aromatic heterocycles. The predicted molar refractivity (Wildman–Crippen MR) is 99.1 cm³/mol. The maximum absolute atomic E-state index is 12.4. The number of rotatable bonds is 7. The maximum atomic E-state index is 12.4. The molecule has 1 amide bonds. The highest BCUT2D eigenvalue weighted by molar-refractivity contribution is 5.94. The van der Waals surface area contributed by atoms with E-state index in [1.54, 1.807) is 19.4 Å². The fourth-order valence-corrected chi connectivity index (χ4v) is 3.25. The van der Waals surface area contributed by atoms with E-state index in [0.29, 0.717) is 18.2 Å². The van der Waals surface area contributed by atoms with Gasteiger partial charge in [0.15, 0.2) is 0 Å². The van der Waals surface area contributed by atoms with Crippen molar-refractivity contribution in [3.05, 3.63) is 53.7 Å². The van der Waals surface area contributed by atoms with Gasteiger partial charge in [0.05, 0.1) is 7.11 Å². The molecule has 0 radical (unpaired) electrons. The van der Waals surface area contributed by atoms with Gasteiger partial charge in [-0.1, -0.05) is 31.0 Å². The van der Waals surface area contributed by atoms with E-state index < -0.39 is 0 Å². The molecule has 2 N–H and O–H groups in total. The van der Waals surface area contributed by atoms with Crippen LogP contribution in [0.3, 0.4) is 0 Å². The summed E-state index contributed by atoms with van der Waals surface area (Å²) in [6, 6.07) is 11.9. The Balaban J connectivity index is 1.54. The van der Waals surface area contributed by atoms with Crippen molar-refractivity contribution in [1.29, 1.82) is 0 Å². The Labute approximate surface area is 148 Å². The summed E-state index contributed by atoms with van der Waals surface area (Å²) >= 11 is 0. The Morgan fingerprint density at radius 1 is 1.24 bits per heavy atom. The molecule has 0 aliphatic heterocycles. The summed E-state index contributed by atoms with van der Waals surface area (Å²) in [6.07, 6.45) is 7.30. The largest absolute Gasteiger partial charge is 0.496 e. The molecule has 0 spiro atoms. The Kier molecular flexibility index (Phi) is 5.88. The second-order valence-corrected chi connectivity index (χ2v) is 6.37. The summed E-state index contributed by atoms with van der Waals surface area (Å²) in [5.74, 6) is 1.56. The summed E-state index contributed by atoms with van der Waals surface area (Å²) in [5.41, 5.74) is 1.72. The molecule has 1 aliphatic carbocycles. The average Bonchev–Trinajstić information content (AvgIpc) is 3.15. The van der Waals surface area contributed by atoms with Crippen LogP contribution in [0.5, 0.6) is 5.75 Å². The zero-order valence-electron chi connectivity index (χ0n) is 14.6. The van der Waals surface area contributed by atoms with Crippen LogP contribution in [0, 0.1) is 0 Å². The predicted octanol–water partition coefficient (Wildman–Crippen LogP) is 3.42. The third kappa shape index (κ3) is 4.72. The summed E-state index contributed by atoms with van der Waals surface area (Å²) < 4.78 is 5.34. The first-order valence-electron chi connectivity index (χ1n) is 8.89. The number of anilines is 1. The van der Waals surface area contributed by atoms with Gasteiger partial charge in [0.1, 0.15) is 11.6 Å². The third-order valence-electron chi connectivity index (χ3n) is 4.60. The minimum Gasteiger partial charge on any atom is -0.496 e. The number of methoxy groups -OCH3 is 1. The van der Waals surface area contributed by atoms with Gasteiger partial charge in [-0.3, -0.25) is 4.79 Å². The molecule has 1 fully saturated rings. The molecule has 1 aromatic carbocycles. The number of hydrogen-bond donors (Lipinski definition) is 2. The van der Waals surface area contributed by atoms with Crippen LogP contribution < -0.4 is 15.4 Å². The molecular formula is C20H25N3O2. The Morgan fingerprint density at radius 3 is 2.84 bits per heavy atom. The van der Waals surface area contributed by atoms with Crippen LogP contribution in [-0.4, -0.2) is 30.6 Å². The zero-order valence-corrected chi connectivity index (χ0v) is 14.6. The van der Waals surface area contributed by atoms with Crippen molar-refractivity contribution in [3.63, 3.8) is 0 Å². The van der Waals surface area contributed by atoms with E-state index in [0.717, 1.165) is 23.6 Å². The SMILES string of the molecule is COc1ccccc1CCNC(=O)c1ccnc(NC2CCCC2)c1. The summed E-state index contributed by atoms with van der Waals surface area (Å²) in [7, 11) is 1.66. The Morgan fingerprint density at radius 2 is 2.04 bits per heavy atom. The number of benzene rings is 1. The molecule has 132 valence electrons. The summed E-state index contributed by atoms with van der Waals surface area (Å²) in [4.78, 5) is 16.7. The molecule has 1 saturated carbocycles. The van der Waals surface area contributed by atoms with Gasteiger partial charge in [0.25, 0.3) is 5.91 Å². The zero-order chi connectivity index (χ0) is 17.5. The number of pyridine rings is 1. The number of hydrogen-bond acceptors (Lipinski definition) is 4. The normalized spacial score (nSPS) is 14.3. The first kappa shape index (κ1) is 17.3. The van der Waals surface area contributed by atoms with Crippen molar-refractivity contribution in [3.8, 4) is 5.75 Å². The number of carbonyl (C=O) groups excluding carboxylic acids is 1. The van der Waals surface area contributed by atoms with Gasteiger partial charge in [-0.15, -0.1) is 0 Å². The van der Waals surface area contributed by atoms with Gasteiger partial charge in [0, 0.05) is 24.3 Å². The average molecular weight is 339 g/mol. The van der Waals surface area contributed by atoms with Crippen LogP contribution >= 0.6 is 0 Å². The monoisotopic (exact) mass is 339 g/mol. The topological polar surface area (TPSA) is 63.2 Å². The molecular weight excluding hydrogens is 314 g/mol. The minimum absolute atomic E-state index is 0.0771. The summed E-state index contributed by atoms with van der Waals surface area (Å²) in [6.45, 7) is 0.562. The van der Waals surface area contributed by atoms with Gasteiger partial charge in [-0.25, -0.2) is 4.98 Å². The number of para-hydroxylation sites is 1. The fraction of sp³-hybridized carbons (Fsp3) is 0.400. The van der Waals surface area contributed by atoms with Crippen LogP contribution in [0.1, 0.15) is 41.6 Å². The third-order valence-corrected chi connectivity index (χ3v) is 4.60. The molecule has 5 heteroatoms. The van der Waals surface area contributed by atoms with Crippen molar-refractivity contribution in [1.82, 2.24) is 10.3 Å². The second kappa shape index (κ2) is 8.51. The van der Waals surface area contributed by atoms with E-state index in [4.69, 9.17) is 4.74 Å². The number of ether oxygens (including phenoxy) is 1. The number of amides is 1. The van der Waals surface area contributed by atoms with Crippen molar-refractivity contribution in [2.45, 2.75) is 38.1 Å². The smallest absolute Gasteiger partial charge is 0.251 e. The summed E-state index contributed by atoms with van der Waals surface area (Å²) in [5, 5.41) is 6.40. The van der Waals surface area contributed by atoms with Crippen LogP contribution in [0.15, 0.2) is 42.6 Å². The molecule has 2 aromatic rings. The van der Waals surface area contributed by atoms with Gasteiger partial charge >= 0.3 is 0 Å². The van der Waals surface area contributed by atoms with E-state index in [2.05, 4.69) is 15.6 Å². The van der Waals surface area contributed by atoms with E-state index in [-0.39, 0.29) is 5.91 Å². The van der Waals surface area contributed by atoms with E-state index >= 15 is 0 Å². The molecule has 0 bridgehead atoms. The highest BCUT2D eigenvalue weighted by atomic mass is 16.5. The highest BCUT2D eigenvalue weighted by Crippen LogP contribution is 2.21. The molecule has 0 unspecified atom stereocenters. The van der Waals surface area contributed by atoms with Crippen molar-refractivity contribution >= 4 is 11.7 Å². The van der Waals surface area contributed by atoms with E-state index in [1.165, 1.54) is 25.7 Å².